The first-order chi connectivity index (χ1) is 9.29. The molecular formula is C15H24N4. The summed E-state index contributed by atoms with van der Waals surface area (Å²) in [6.07, 6.45) is 5.83. The van der Waals surface area contributed by atoms with Crippen molar-refractivity contribution in [2.75, 3.05) is 31.1 Å². The van der Waals surface area contributed by atoms with Crippen molar-refractivity contribution < 1.29 is 0 Å². The maximum atomic E-state index is 5.93. The molecule has 0 radical (unpaired) electrons. The van der Waals surface area contributed by atoms with Gasteiger partial charge in [-0.1, -0.05) is 0 Å². The highest BCUT2D eigenvalue weighted by molar-refractivity contribution is 5.50. The number of nitrogens with two attached hydrogens (primary N) is 1. The molecule has 1 unspecified atom stereocenters. The molecule has 4 heteroatoms. The van der Waals surface area contributed by atoms with Crippen LogP contribution in [0.15, 0.2) is 12.3 Å². The normalized spacial score (nSPS) is 24.3. The fraction of sp³-hybridized carbons (Fsp3) is 0.667. The average Bonchev–Trinajstić information content (AvgIpc) is 2.76. The number of hydrogen-bond acceptors (Lipinski definition) is 4. The summed E-state index contributed by atoms with van der Waals surface area (Å²) in [7, 11) is 0. The van der Waals surface area contributed by atoms with Gasteiger partial charge in [-0.15, -0.1) is 0 Å². The van der Waals surface area contributed by atoms with Crippen molar-refractivity contribution in [2.24, 2.45) is 5.73 Å². The summed E-state index contributed by atoms with van der Waals surface area (Å²) in [6, 6.07) is 2.78. The predicted octanol–water partition coefficient (Wildman–Crippen LogP) is 1.52. The monoisotopic (exact) mass is 260 g/mol. The molecular weight excluding hydrogens is 236 g/mol. The summed E-state index contributed by atoms with van der Waals surface area (Å²) in [5, 5.41) is 0. The van der Waals surface area contributed by atoms with Gasteiger partial charge in [0.25, 0.3) is 0 Å². The van der Waals surface area contributed by atoms with E-state index in [0.29, 0.717) is 6.54 Å². The van der Waals surface area contributed by atoms with E-state index < -0.39 is 0 Å². The van der Waals surface area contributed by atoms with E-state index in [0.717, 1.165) is 24.9 Å². The van der Waals surface area contributed by atoms with E-state index >= 15 is 0 Å². The van der Waals surface area contributed by atoms with Gasteiger partial charge in [0.2, 0.25) is 0 Å². The van der Waals surface area contributed by atoms with E-state index in [4.69, 9.17) is 5.73 Å². The van der Waals surface area contributed by atoms with E-state index in [1.165, 1.54) is 43.5 Å². The lowest BCUT2D eigenvalue weighted by atomic mass is 10.1. The molecule has 0 spiro atoms. The Balaban J connectivity index is 1.87. The maximum absolute atomic E-state index is 5.93. The topological polar surface area (TPSA) is 45.4 Å². The third-order valence-corrected chi connectivity index (χ3v) is 4.57. The van der Waals surface area contributed by atoms with Crippen LogP contribution in [0.5, 0.6) is 0 Å². The van der Waals surface area contributed by atoms with E-state index in [-0.39, 0.29) is 0 Å². The molecule has 0 amide bonds. The Bertz CT molecular complexity index is 446. The average molecular weight is 260 g/mol. The summed E-state index contributed by atoms with van der Waals surface area (Å²) in [4.78, 5) is 9.73. The maximum Gasteiger partial charge on any atom is 0.133 e. The van der Waals surface area contributed by atoms with Crippen molar-refractivity contribution in [2.45, 2.75) is 38.8 Å². The molecule has 4 nitrogen and oxygen atoms in total. The minimum Gasteiger partial charge on any atom is -0.355 e. The van der Waals surface area contributed by atoms with E-state index in [1.807, 2.05) is 6.20 Å². The van der Waals surface area contributed by atoms with Gasteiger partial charge in [-0.3, -0.25) is 4.90 Å². The Morgan fingerprint density at radius 3 is 3.00 bits per heavy atom. The van der Waals surface area contributed by atoms with Gasteiger partial charge in [-0.2, -0.15) is 0 Å². The summed E-state index contributed by atoms with van der Waals surface area (Å²) in [6.45, 7) is 7.46. The van der Waals surface area contributed by atoms with Gasteiger partial charge in [-0.25, -0.2) is 4.98 Å². The van der Waals surface area contributed by atoms with Crippen LogP contribution in [0.1, 0.15) is 30.4 Å². The number of rotatable bonds is 2. The third kappa shape index (κ3) is 2.47. The van der Waals surface area contributed by atoms with Gasteiger partial charge in [-0.05, 0) is 44.4 Å². The first-order valence-electron chi connectivity index (χ1n) is 7.43. The van der Waals surface area contributed by atoms with Gasteiger partial charge in [0, 0.05) is 44.0 Å². The van der Waals surface area contributed by atoms with Crippen LogP contribution in [-0.2, 0) is 6.54 Å². The summed E-state index contributed by atoms with van der Waals surface area (Å²) >= 11 is 0. The largest absolute Gasteiger partial charge is 0.355 e. The molecule has 0 saturated carbocycles. The number of aromatic nitrogens is 1. The van der Waals surface area contributed by atoms with Crippen LogP contribution < -0.4 is 10.6 Å². The Labute approximate surface area is 115 Å². The van der Waals surface area contributed by atoms with Crippen LogP contribution in [0.25, 0.3) is 0 Å². The van der Waals surface area contributed by atoms with E-state index in [2.05, 4.69) is 27.8 Å². The minimum absolute atomic E-state index is 0.583. The lowest BCUT2D eigenvalue weighted by Crippen LogP contribution is -2.37. The van der Waals surface area contributed by atoms with Crippen molar-refractivity contribution >= 4 is 5.82 Å². The molecule has 2 fully saturated rings. The van der Waals surface area contributed by atoms with Gasteiger partial charge in [0.1, 0.15) is 5.82 Å². The van der Waals surface area contributed by atoms with Crippen molar-refractivity contribution in [1.29, 1.82) is 0 Å². The van der Waals surface area contributed by atoms with Crippen molar-refractivity contribution in [3.8, 4) is 0 Å². The predicted molar refractivity (Wildman–Crippen MR) is 78.3 cm³/mol. The highest BCUT2D eigenvalue weighted by Crippen LogP contribution is 2.26. The fourth-order valence-corrected chi connectivity index (χ4v) is 3.50. The molecule has 0 aliphatic carbocycles. The second-order valence-electron chi connectivity index (χ2n) is 5.77. The first-order valence-corrected chi connectivity index (χ1v) is 7.43. The second-order valence-corrected chi connectivity index (χ2v) is 5.77. The number of fused-ring (bicyclic) bond motifs is 1. The standard InChI is InChI=1S/C15H24N4/c1-12-5-6-17-15(14(12)10-16)19-9-3-8-18-7-2-4-13(18)11-19/h5-6,13H,2-4,7-11,16H2,1H3. The molecule has 19 heavy (non-hydrogen) atoms. The van der Waals surface area contributed by atoms with Crippen LogP contribution in [0.3, 0.4) is 0 Å². The molecule has 1 aromatic heterocycles. The van der Waals surface area contributed by atoms with Gasteiger partial charge in [0.15, 0.2) is 0 Å². The highest BCUT2D eigenvalue weighted by atomic mass is 15.3. The van der Waals surface area contributed by atoms with E-state index in [9.17, 15) is 0 Å². The van der Waals surface area contributed by atoms with Crippen molar-refractivity contribution in [3.05, 3.63) is 23.4 Å². The zero-order valence-electron chi connectivity index (χ0n) is 11.8. The quantitative estimate of drug-likeness (QED) is 0.876. The minimum atomic E-state index is 0.583. The first kappa shape index (κ1) is 12.9. The van der Waals surface area contributed by atoms with Crippen LogP contribution in [0.2, 0.25) is 0 Å². The third-order valence-electron chi connectivity index (χ3n) is 4.57. The lowest BCUT2D eigenvalue weighted by molar-refractivity contribution is 0.273. The molecule has 0 aromatic carbocycles. The molecule has 104 valence electrons. The molecule has 2 saturated heterocycles. The van der Waals surface area contributed by atoms with Crippen molar-refractivity contribution in [1.82, 2.24) is 9.88 Å². The van der Waals surface area contributed by atoms with Crippen LogP contribution >= 0.6 is 0 Å². The number of nitrogens with zero attached hydrogens (tertiary/aromatic N) is 3. The molecule has 2 aliphatic rings. The molecule has 1 atom stereocenters. The zero-order valence-corrected chi connectivity index (χ0v) is 11.8. The number of aryl methyl sites for hydroxylation is 1. The molecule has 2 N–H and O–H groups in total. The Morgan fingerprint density at radius 1 is 1.32 bits per heavy atom. The summed E-state index contributed by atoms with van der Waals surface area (Å²) in [5.74, 6) is 1.12. The second kappa shape index (κ2) is 5.47. The Hall–Kier alpha value is -1.13. The van der Waals surface area contributed by atoms with E-state index in [1.54, 1.807) is 0 Å². The number of pyridine rings is 1. The van der Waals surface area contributed by atoms with Crippen LogP contribution in [-0.4, -0.2) is 42.1 Å². The SMILES string of the molecule is Cc1ccnc(N2CCCN3CCCC3C2)c1CN. The zero-order chi connectivity index (χ0) is 13.2. The van der Waals surface area contributed by atoms with Crippen molar-refractivity contribution in [3.63, 3.8) is 0 Å². The molecule has 0 bridgehead atoms. The summed E-state index contributed by atoms with van der Waals surface area (Å²) < 4.78 is 0. The van der Waals surface area contributed by atoms with Crippen LogP contribution in [0, 0.1) is 6.92 Å². The molecule has 3 heterocycles. The smallest absolute Gasteiger partial charge is 0.133 e. The molecule has 2 aliphatic heterocycles. The Morgan fingerprint density at radius 2 is 2.16 bits per heavy atom. The number of anilines is 1. The Kier molecular flexibility index (Phi) is 3.71. The van der Waals surface area contributed by atoms with Gasteiger partial charge in [0.05, 0.1) is 0 Å². The number of hydrogen-bond donors (Lipinski definition) is 1. The summed E-state index contributed by atoms with van der Waals surface area (Å²) in [5.41, 5.74) is 8.41. The van der Waals surface area contributed by atoms with Crippen LogP contribution in [0.4, 0.5) is 5.82 Å². The molecule has 3 rings (SSSR count). The lowest BCUT2D eigenvalue weighted by Gasteiger charge is -2.28. The van der Waals surface area contributed by atoms with Gasteiger partial charge >= 0.3 is 0 Å². The fourth-order valence-electron chi connectivity index (χ4n) is 3.50. The molecule has 1 aromatic rings. The highest BCUT2D eigenvalue weighted by Gasteiger charge is 2.29. The van der Waals surface area contributed by atoms with Gasteiger partial charge < -0.3 is 10.6 Å².